The minimum atomic E-state index is -0.596. The molecule has 0 unspecified atom stereocenters. The van der Waals surface area contributed by atoms with E-state index >= 15 is 0 Å². The molecule has 0 atom stereocenters. The van der Waals surface area contributed by atoms with Crippen molar-refractivity contribution in [1.82, 2.24) is 4.90 Å². The second-order valence-electron chi connectivity index (χ2n) is 4.85. The Hall–Kier alpha value is -1.53. The molecule has 0 aliphatic heterocycles. The number of halogens is 1. The maximum Gasteiger partial charge on any atom is 0.272 e. The molecule has 19 heavy (non-hydrogen) atoms. The molecule has 0 heterocycles. The molecule has 1 fully saturated rings. The van der Waals surface area contributed by atoms with E-state index in [0.29, 0.717) is 24.7 Å². The minimum absolute atomic E-state index is 0.0356. The highest BCUT2D eigenvalue weighted by atomic mass is 19.1. The predicted octanol–water partition coefficient (Wildman–Crippen LogP) is 2.08. The largest absolute Gasteiger partial charge is 0.395 e. The van der Waals surface area contributed by atoms with Crippen molar-refractivity contribution in [1.29, 1.82) is 0 Å². The van der Waals surface area contributed by atoms with Crippen LogP contribution in [-0.4, -0.2) is 34.1 Å². The molecule has 1 aromatic rings. The molecule has 0 radical (unpaired) electrons. The lowest BCUT2D eigenvalue weighted by Crippen LogP contribution is -2.41. The van der Waals surface area contributed by atoms with Gasteiger partial charge in [-0.1, -0.05) is 6.42 Å². The number of hydrogen-bond acceptors (Lipinski definition) is 4. The highest BCUT2D eigenvalue weighted by Gasteiger charge is 2.25. The van der Waals surface area contributed by atoms with Gasteiger partial charge in [-0.2, -0.15) is 0 Å². The van der Waals surface area contributed by atoms with Crippen LogP contribution >= 0.6 is 0 Å². The highest BCUT2D eigenvalue weighted by molar-refractivity contribution is 5.35. The highest BCUT2D eigenvalue weighted by Crippen LogP contribution is 2.27. The lowest BCUT2D eigenvalue weighted by Gasteiger charge is -2.37. The van der Waals surface area contributed by atoms with Gasteiger partial charge in [-0.3, -0.25) is 15.0 Å². The van der Waals surface area contributed by atoms with Gasteiger partial charge in [-0.15, -0.1) is 0 Å². The van der Waals surface area contributed by atoms with Crippen LogP contribution in [0.25, 0.3) is 0 Å². The van der Waals surface area contributed by atoms with Crippen LogP contribution < -0.4 is 0 Å². The Morgan fingerprint density at radius 3 is 2.68 bits per heavy atom. The molecule has 0 amide bonds. The zero-order valence-corrected chi connectivity index (χ0v) is 10.6. The molecular weight excluding hydrogens is 251 g/mol. The number of benzene rings is 1. The first-order chi connectivity index (χ1) is 9.10. The van der Waals surface area contributed by atoms with Crippen molar-refractivity contribution in [2.75, 3.05) is 13.2 Å². The van der Waals surface area contributed by atoms with Gasteiger partial charge >= 0.3 is 0 Å². The van der Waals surface area contributed by atoms with Gasteiger partial charge in [-0.25, -0.2) is 4.39 Å². The fraction of sp³-hybridized carbons (Fsp3) is 0.538. The van der Waals surface area contributed by atoms with Crippen LogP contribution in [0.5, 0.6) is 0 Å². The maximum atomic E-state index is 13.3. The number of aliphatic hydroxyl groups is 1. The average molecular weight is 268 g/mol. The van der Waals surface area contributed by atoms with E-state index in [2.05, 4.69) is 4.90 Å². The average Bonchev–Trinajstić information content (AvgIpc) is 2.26. The molecule has 1 aromatic carbocycles. The monoisotopic (exact) mass is 268 g/mol. The third kappa shape index (κ3) is 3.48. The summed E-state index contributed by atoms with van der Waals surface area (Å²) in [6.07, 6.45) is 3.30. The van der Waals surface area contributed by atoms with E-state index in [1.807, 2.05) is 0 Å². The molecule has 1 aliphatic rings. The Bertz CT molecular complexity index is 463. The number of nitrogens with zero attached hydrogens (tertiary/aromatic N) is 2. The van der Waals surface area contributed by atoms with E-state index in [9.17, 15) is 14.5 Å². The van der Waals surface area contributed by atoms with Gasteiger partial charge in [0.15, 0.2) is 0 Å². The summed E-state index contributed by atoms with van der Waals surface area (Å²) in [6.45, 7) is 0.979. The summed E-state index contributed by atoms with van der Waals surface area (Å²) in [5, 5.41) is 19.8. The normalized spacial score (nSPS) is 15.5. The lowest BCUT2D eigenvalue weighted by atomic mass is 9.91. The molecule has 0 aromatic heterocycles. The van der Waals surface area contributed by atoms with Crippen molar-refractivity contribution in [2.45, 2.75) is 31.8 Å². The molecule has 1 N–H and O–H groups in total. The fourth-order valence-electron chi connectivity index (χ4n) is 2.34. The van der Waals surface area contributed by atoms with E-state index < -0.39 is 10.7 Å². The first-order valence-corrected chi connectivity index (χ1v) is 6.39. The number of non-ortho nitro benzene ring substituents is 1. The Morgan fingerprint density at radius 1 is 1.42 bits per heavy atom. The SMILES string of the molecule is O=[N+]([O-])c1cc(F)cc(CN(CCO)C2CCC2)c1. The zero-order chi connectivity index (χ0) is 13.8. The molecule has 1 saturated carbocycles. The number of rotatable bonds is 6. The van der Waals surface area contributed by atoms with Gasteiger partial charge < -0.3 is 5.11 Å². The van der Waals surface area contributed by atoms with Crippen LogP contribution in [0.3, 0.4) is 0 Å². The zero-order valence-electron chi connectivity index (χ0n) is 10.6. The molecule has 0 bridgehead atoms. The topological polar surface area (TPSA) is 66.6 Å². The third-order valence-electron chi connectivity index (χ3n) is 3.52. The second kappa shape index (κ2) is 6.08. The third-order valence-corrected chi connectivity index (χ3v) is 3.52. The van der Waals surface area contributed by atoms with Crippen LogP contribution in [0.4, 0.5) is 10.1 Å². The summed E-state index contributed by atoms with van der Waals surface area (Å²) in [4.78, 5) is 12.2. The van der Waals surface area contributed by atoms with Crippen molar-refractivity contribution in [3.8, 4) is 0 Å². The first-order valence-electron chi connectivity index (χ1n) is 6.39. The molecule has 0 saturated heterocycles. The van der Waals surface area contributed by atoms with Crippen molar-refractivity contribution in [3.63, 3.8) is 0 Å². The van der Waals surface area contributed by atoms with E-state index in [0.717, 1.165) is 25.3 Å². The molecule has 104 valence electrons. The minimum Gasteiger partial charge on any atom is -0.395 e. The van der Waals surface area contributed by atoms with E-state index in [-0.39, 0.29) is 12.3 Å². The molecule has 1 aliphatic carbocycles. The van der Waals surface area contributed by atoms with Crippen LogP contribution in [0.15, 0.2) is 18.2 Å². The summed E-state index contributed by atoms with van der Waals surface area (Å²) in [6, 6.07) is 4.03. The Kier molecular flexibility index (Phi) is 4.44. The van der Waals surface area contributed by atoms with Crippen molar-refractivity contribution in [3.05, 3.63) is 39.7 Å². The van der Waals surface area contributed by atoms with Gasteiger partial charge in [-0.05, 0) is 24.5 Å². The van der Waals surface area contributed by atoms with Crippen LogP contribution in [0.1, 0.15) is 24.8 Å². The van der Waals surface area contributed by atoms with Gasteiger partial charge in [0, 0.05) is 25.2 Å². The van der Waals surface area contributed by atoms with Crippen molar-refractivity contribution in [2.24, 2.45) is 0 Å². The summed E-state index contributed by atoms with van der Waals surface area (Å²) in [5.74, 6) is -0.596. The quantitative estimate of drug-likeness (QED) is 0.633. The summed E-state index contributed by atoms with van der Waals surface area (Å²) >= 11 is 0. The maximum absolute atomic E-state index is 13.3. The Balaban J connectivity index is 2.13. The summed E-state index contributed by atoms with van der Waals surface area (Å²) in [5.41, 5.74) is 0.347. The summed E-state index contributed by atoms with van der Waals surface area (Å²) < 4.78 is 13.3. The fourth-order valence-corrected chi connectivity index (χ4v) is 2.34. The van der Waals surface area contributed by atoms with E-state index in [4.69, 9.17) is 5.11 Å². The van der Waals surface area contributed by atoms with Gasteiger partial charge in [0.1, 0.15) is 5.82 Å². The van der Waals surface area contributed by atoms with Crippen molar-refractivity contribution < 1.29 is 14.4 Å². The van der Waals surface area contributed by atoms with Crippen LogP contribution in [0, 0.1) is 15.9 Å². The predicted molar refractivity (Wildman–Crippen MR) is 68.2 cm³/mol. The molecule has 0 spiro atoms. The van der Waals surface area contributed by atoms with E-state index in [1.54, 1.807) is 0 Å². The van der Waals surface area contributed by atoms with Crippen LogP contribution in [0.2, 0.25) is 0 Å². The number of nitro benzene ring substituents is 1. The Labute approximate surface area is 110 Å². The molecule has 2 rings (SSSR count). The molecular formula is C13H17FN2O3. The standard InChI is InChI=1S/C13H17FN2O3/c14-11-6-10(7-13(8-11)16(18)19)9-15(4-5-17)12-2-1-3-12/h6-8,12,17H,1-5,9H2. The number of nitro groups is 1. The van der Waals surface area contributed by atoms with Gasteiger partial charge in [0.05, 0.1) is 17.6 Å². The molecule has 6 heteroatoms. The Morgan fingerprint density at radius 2 is 2.16 bits per heavy atom. The smallest absolute Gasteiger partial charge is 0.272 e. The van der Waals surface area contributed by atoms with E-state index in [1.165, 1.54) is 12.1 Å². The van der Waals surface area contributed by atoms with Crippen LogP contribution in [-0.2, 0) is 6.54 Å². The number of aliphatic hydroxyl groups excluding tert-OH is 1. The lowest BCUT2D eigenvalue weighted by molar-refractivity contribution is -0.385. The molecule has 5 nitrogen and oxygen atoms in total. The second-order valence-corrected chi connectivity index (χ2v) is 4.85. The first kappa shape index (κ1) is 13.9. The van der Waals surface area contributed by atoms with Gasteiger partial charge in [0.2, 0.25) is 0 Å². The van der Waals surface area contributed by atoms with Crippen molar-refractivity contribution >= 4 is 5.69 Å². The number of hydrogen-bond donors (Lipinski definition) is 1. The summed E-state index contributed by atoms with van der Waals surface area (Å²) in [7, 11) is 0. The van der Waals surface area contributed by atoms with Gasteiger partial charge in [0.25, 0.3) is 5.69 Å².